The van der Waals surface area contributed by atoms with Crippen LogP contribution in [-0.2, 0) is 6.42 Å². The zero-order valence-electron chi connectivity index (χ0n) is 16.9. The standard InChI is InChI=1S/C22H26N6O/c1-3-17-4-6-18(7-5-17)24-21-16-23-26-22(25-21)28-14-12-27(13-15-28)19-8-10-20(29-2)11-9-19/h4-11,16H,3,12-15H2,1-2H3,(H,24,25,26). The van der Waals surface area contributed by atoms with Crippen LogP contribution in [0.15, 0.2) is 54.7 Å². The van der Waals surface area contributed by atoms with Gasteiger partial charge in [-0.15, -0.1) is 5.10 Å². The van der Waals surface area contributed by atoms with Crippen LogP contribution in [0, 0.1) is 0 Å². The summed E-state index contributed by atoms with van der Waals surface area (Å²) in [5.74, 6) is 2.24. The van der Waals surface area contributed by atoms with Gasteiger partial charge in [0, 0.05) is 37.6 Å². The Morgan fingerprint density at radius 2 is 1.62 bits per heavy atom. The SMILES string of the molecule is CCc1ccc(Nc2cnnc(N3CCN(c4ccc(OC)cc4)CC3)n2)cc1. The number of methoxy groups -OCH3 is 1. The van der Waals surface area contributed by atoms with Gasteiger partial charge in [0.05, 0.1) is 13.3 Å². The molecule has 1 N–H and O–H groups in total. The van der Waals surface area contributed by atoms with Crippen LogP contribution < -0.4 is 19.9 Å². The van der Waals surface area contributed by atoms with Crippen LogP contribution in [0.25, 0.3) is 0 Å². The smallest absolute Gasteiger partial charge is 0.247 e. The molecule has 1 fully saturated rings. The Kier molecular flexibility index (Phi) is 5.74. The van der Waals surface area contributed by atoms with Gasteiger partial charge in [-0.25, -0.2) is 0 Å². The van der Waals surface area contributed by atoms with Crippen molar-refractivity contribution in [2.24, 2.45) is 0 Å². The zero-order valence-corrected chi connectivity index (χ0v) is 16.9. The van der Waals surface area contributed by atoms with Gasteiger partial charge < -0.3 is 19.9 Å². The first-order valence-electron chi connectivity index (χ1n) is 9.95. The summed E-state index contributed by atoms with van der Waals surface area (Å²) in [5, 5.41) is 11.7. The van der Waals surface area contributed by atoms with Gasteiger partial charge in [-0.3, -0.25) is 0 Å². The number of aromatic nitrogens is 3. The lowest BCUT2D eigenvalue weighted by Crippen LogP contribution is -2.47. The number of piperazine rings is 1. The summed E-state index contributed by atoms with van der Waals surface area (Å²) in [7, 11) is 1.69. The number of ether oxygens (including phenoxy) is 1. The molecular weight excluding hydrogens is 364 g/mol. The first-order valence-corrected chi connectivity index (χ1v) is 9.95. The van der Waals surface area contributed by atoms with E-state index in [9.17, 15) is 0 Å². The van der Waals surface area contributed by atoms with E-state index in [1.165, 1.54) is 11.3 Å². The summed E-state index contributed by atoms with van der Waals surface area (Å²) < 4.78 is 5.24. The number of hydrogen-bond donors (Lipinski definition) is 1. The highest BCUT2D eigenvalue weighted by atomic mass is 16.5. The Labute approximate surface area is 171 Å². The van der Waals surface area contributed by atoms with E-state index in [2.05, 4.69) is 73.6 Å². The van der Waals surface area contributed by atoms with Gasteiger partial charge in [0.25, 0.3) is 0 Å². The van der Waals surface area contributed by atoms with Crippen molar-refractivity contribution in [3.05, 3.63) is 60.3 Å². The largest absolute Gasteiger partial charge is 0.497 e. The molecule has 1 saturated heterocycles. The molecule has 1 aromatic heterocycles. The first-order chi connectivity index (χ1) is 14.2. The second kappa shape index (κ2) is 8.77. The third-order valence-electron chi connectivity index (χ3n) is 5.18. The Balaban J connectivity index is 1.38. The van der Waals surface area contributed by atoms with E-state index in [0.717, 1.165) is 44.0 Å². The molecule has 3 aromatic rings. The molecule has 7 nitrogen and oxygen atoms in total. The normalized spacial score (nSPS) is 14.0. The van der Waals surface area contributed by atoms with E-state index < -0.39 is 0 Å². The van der Waals surface area contributed by atoms with Crippen LogP contribution in [0.1, 0.15) is 12.5 Å². The highest BCUT2D eigenvalue weighted by Crippen LogP contribution is 2.22. The van der Waals surface area contributed by atoms with Crippen LogP contribution in [0.4, 0.5) is 23.1 Å². The van der Waals surface area contributed by atoms with Gasteiger partial charge in [0.1, 0.15) is 5.75 Å². The molecule has 29 heavy (non-hydrogen) atoms. The minimum absolute atomic E-state index is 0.662. The first kappa shape index (κ1) is 19.0. The summed E-state index contributed by atoms with van der Waals surface area (Å²) in [4.78, 5) is 9.20. The van der Waals surface area contributed by atoms with E-state index in [1.54, 1.807) is 13.3 Å². The molecule has 0 spiro atoms. The average Bonchev–Trinajstić information content (AvgIpc) is 2.80. The van der Waals surface area contributed by atoms with E-state index in [1.807, 2.05) is 12.1 Å². The molecule has 0 saturated carbocycles. The van der Waals surface area contributed by atoms with E-state index in [0.29, 0.717) is 11.8 Å². The summed E-state index contributed by atoms with van der Waals surface area (Å²) >= 11 is 0. The van der Waals surface area contributed by atoms with Gasteiger partial charge in [-0.2, -0.15) is 10.1 Å². The summed E-state index contributed by atoms with van der Waals surface area (Å²) in [6.45, 7) is 5.67. The van der Waals surface area contributed by atoms with Crippen LogP contribution in [0.3, 0.4) is 0 Å². The molecule has 0 aliphatic carbocycles. The number of anilines is 4. The van der Waals surface area contributed by atoms with Crippen LogP contribution >= 0.6 is 0 Å². The fraction of sp³-hybridized carbons (Fsp3) is 0.318. The molecule has 2 heterocycles. The van der Waals surface area contributed by atoms with Crippen molar-refractivity contribution in [1.29, 1.82) is 0 Å². The van der Waals surface area contributed by atoms with Crippen molar-refractivity contribution in [3.8, 4) is 5.75 Å². The predicted octanol–water partition coefficient (Wildman–Crippen LogP) is 3.51. The van der Waals surface area contributed by atoms with Crippen molar-refractivity contribution in [2.45, 2.75) is 13.3 Å². The molecule has 2 aromatic carbocycles. The Bertz CT molecular complexity index is 921. The average molecular weight is 390 g/mol. The minimum atomic E-state index is 0.662. The lowest BCUT2D eigenvalue weighted by Gasteiger charge is -2.36. The molecule has 7 heteroatoms. The highest BCUT2D eigenvalue weighted by molar-refractivity contribution is 5.57. The van der Waals surface area contributed by atoms with Gasteiger partial charge in [0.15, 0.2) is 5.82 Å². The Hall–Kier alpha value is -3.35. The van der Waals surface area contributed by atoms with E-state index in [-0.39, 0.29) is 0 Å². The summed E-state index contributed by atoms with van der Waals surface area (Å²) in [6.07, 6.45) is 2.69. The maximum absolute atomic E-state index is 5.24. The second-order valence-corrected chi connectivity index (χ2v) is 6.99. The van der Waals surface area contributed by atoms with Crippen molar-refractivity contribution in [3.63, 3.8) is 0 Å². The summed E-state index contributed by atoms with van der Waals surface area (Å²) in [5.41, 5.74) is 3.51. The third kappa shape index (κ3) is 4.56. The number of nitrogens with zero attached hydrogens (tertiary/aromatic N) is 5. The zero-order chi connectivity index (χ0) is 20.1. The monoisotopic (exact) mass is 390 g/mol. The predicted molar refractivity (Wildman–Crippen MR) is 116 cm³/mol. The number of aryl methyl sites for hydroxylation is 1. The van der Waals surface area contributed by atoms with Gasteiger partial charge in [-0.05, 0) is 48.4 Å². The van der Waals surface area contributed by atoms with Gasteiger partial charge >= 0.3 is 0 Å². The number of benzene rings is 2. The fourth-order valence-corrected chi connectivity index (χ4v) is 3.42. The lowest BCUT2D eigenvalue weighted by atomic mass is 10.1. The van der Waals surface area contributed by atoms with Crippen LogP contribution in [0.5, 0.6) is 5.75 Å². The maximum atomic E-state index is 5.24. The van der Waals surface area contributed by atoms with Crippen molar-refractivity contribution in [2.75, 3.05) is 48.4 Å². The number of rotatable bonds is 6. The van der Waals surface area contributed by atoms with Gasteiger partial charge in [-0.1, -0.05) is 19.1 Å². The molecule has 1 aliphatic heterocycles. The molecule has 4 rings (SSSR count). The molecular formula is C22H26N6O. The molecule has 150 valence electrons. The van der Waals surface area contributed by atoms with Crippen LogP contribution in [0.2, 0.25) is 0 Å². The van der Waals surface area contributed by atoms with E-state index >= 15 is 0 Å². The van der Waals surface area contributed by atoms with Gasteiger partial charge in [0.2, 0.25) is 5.95 Å². The summed E-state index contributed by atoms with van der Waals surface area (Å²) in [6, 6.07) is 16.6. The molecule has 1 aliphatic rings. The van der Waals surface area contributed by atoms with Crippen molar-refractivity contribution in [1.82, 2.24) is 15.2 Å². The molecule has 0 atom stereocenters. The highest BCUT2D eigenvalue weighted by Gasteiger charge is 2.20. The van der Waals surface area contributed by atoms with E-state index in [4.69, 9.17) is 4.74 Å². The quantitative estimate of drug-likeness (QED) is 0.691. The number of hydrogen-bond acceptors (Lipinski definition) is 7. The van der Waals surface area contributed by atoms with Crippen molar-refractivity contribution < 1.29 is 4.74 Å². The Morgan fingerprint density at radius 1 is 0.931 bits per heavy atom. The third-order valence-corrected chi connectivity index (χ3v) is 5.18. The lowest BCUT2D eigenvalue weighted by molar-refractivity contribution is 0.415. The van der Waals surface area contributed by atoms with Crippen molar-refractivity contribution >= 4 is 23.1 Å². The second-order valence-electron chi connectivity index (χ2n) is 6.99. The van der Waals surface area contributed by atoms with Crippen LogP contribution in [-0.4, -0.2) is 48.5 Å². The minimum Gasteiger partial charge on any atom is -0.497 e. The maximum Gasteiger partial charge on any atom is 0.247 e. The molecule has 0 amide bonds. The Morgan fingerprint density at radius 3 is 2.28 bits per heavy atom. The molecule has 0 unspecified atom stereocenters. The topological polar surface area (TPSA) is 66.4 Å². The number of nitrogens with one attached hydrogen (secondary N) is 1. The molecule has 0 bridgehead atoms. The molecule has 0 radical (unpaired) electrons. The fourth-order valence-electron chi connectivity index (χ4n) is 3.42.